The van der Waals surface area contributed by atoms with Gasteiger partial charge < -0.3 is 38.4 Å². The van der Waals surface area contributed by atoms with Gasteiger partial charge >= 0.3 is 5.97 Å². The number of methoxy groups -OCH3 is 5. The van der Waals surface area contributed by atoms with E-state index < -0.39 is 12.1 Å². The second-order valence-electron chi connectivity index (χ2n) is 8.78. The van der Waals surface area contributed by atoms with Crippen molar-refractivity contribution < 1.29 is 43.2 Å². The van der Waals surface area contributed by atoms with Crippen LogP contribution in [-0.2, 0) is 14.3 Å². The Bertz CT molecular complexity index is 1240. The van der Waals surface area contributed by atoms with E-state index in [2.05, 4.69) is 0 Å². The first-order valence-corrected chi connectivity index (χ1v) is 12.9. The summed E-state index contributed by atoms with van der Waals surface area (Å²) in [6, 6.07) is 19.7. The number of hydrogen-bond donors (Lipinski definition) is 1. The molecule has 220 valence electrons. The summed E-state index contributed by atoms with van der Waals surface area (Å²) in [4.78, 5) is 18.6. The minimum Gasteiger partial charge on any atom is -0.493 e. The van der Waals surface area contributed by atoms with E-state index in [1.54, 1.807) is 54.6 Å². The van der Waals surface area contributed by atoms with E-state index in [4.69, 9.17) is 33.3 Å². The van der Waals surface area contributed by atoms with Gasteiger partial charge in [-0.2, -0.15) is 0 Å². The van der Waals surface area contributed by atoms with Gasteiger partial charge in [0.25, 0.3) is 0 Å². The number of esters is 1. The highest BCUT2D eigenvalue weighted by Crippen LogP contribution is 2.39. The van der Waals surface area contributed by atoms with Crippen molar-refractivity contribution in [3.8, 4) is 28.7 Å². The minimum atomic E-state index is -0.833. The zero-order valence-corrected chi connectivity index (χ0v) is 24.0. The molecular formula is C31H37NO9. The summed E-state index contributed by atoms with van der Waals surface area (Å²) in [6.07, 6.45) is 0.845. The molecule has 1 unspecified atom stereocenters. The number of carbonyl (C=O) groups excluding carboxylic acids is 1. The predicted molar refractivity (Wildman–Crippen MR) is 154 cm³/mol. The van der Waals surface area contributed by atoms with E-state index in [1.165, 1.54) is 28.4 Å². The van der Waals surface area contributed by atoms with Crippen LogP contribution in [0.2, 0.25) is 0 Å². The summed E-state index contributed by atoms with van der Waals surface area (Å²) >= 11 is 0. The van der Waals surface area contributed by atoms with Gasteiger partial charge in [0.05, 0.1) is 53.7 Å². The number of aliphatic hydroxyl groups is 1. The quantitative estimate of drug-likeness (QED) is 0.118. The van der Waals surface area contributed by atoms with Gasteiger partial charge in [0, 0.05) is 7.11 Å². The van der Waals surface area contributed by atoms with Crippen molar-refractivity contribution in [1.29, 1.82) is 0 Å². The Morgan fingerprint density at radius 2 is 1.54 bits per heavy atom. The number of carbonyl (C=O) groups is 1. The summed E-state index contributed by atoms with van der Waals surface area (Å²) in [6.45, 7) is 1.15. The van der Waals surface area contributed by atoms with Crippen molar-refractivity contribution >= 4 is 17.6 Å². The average molecular weight is 568 g/mol. The first-order valence-electron chi connectivity index (χ1n) is 12.9. The topological polar surface area (TPSA) is 105 Å². The number of nitrogens with zero attached hydrogens (tertiary/aromatic N) is 1. The Morgan fingerprint density at radius 3 is 2.10 bits per heavy atom. The monoisotopic (exact) mass is 567 g/mol. The smallest absolute Gasteiger partial charge is 0.338 e. The van der Waals surface area contributed by atoms with Crippen LogP contribution in [-0.4, -0.2) is 84.1 Å². The molecule has 3 rings (SSSR count). The maximum absolute atomic E-state index is 12.7. The minimum absolute atomic E-state index is 0.0338. The van der Waals surface area contributed by atoms with Crippen molar-refractivity contribution in [2.45, 2.75) is 6.10 Å². The third-order valence-electron chi connectivity index (χ3n) is 5.95. The average Bonchev–Trinajstić information content (AvgIpc) is 3.01. The van der Waals surface area contributed by atoms with E-state index in [9.17, 15) is 9.90 Å². The first kappa shape index (κ1) is 31.3. The van der Waals surface area contributed by atoms with Crippen LogP contribution in [0.15, 0.2) is 66.7 Å². The number of hydroxylamine groups is 2. The van der Waals surface area contributed by atoms with Gasteiger partial charge in [0.2, 0.25) is 5.75 Å². The van der Waals surface area contributed by atoms with Gasteiger partial charge in [-0.1, -0.05) is 30.3 Å². The Kier molecular flexibility index (Phi) is 12.3. The highest BCUT2D eigenvalue weighted by Gasteiger charge is 2.18. The first-order chi connectivity index (χ1) is 19.9. The molecule has 0 aliphatic heterocycles. The summed E-state index contributed by atoms with van der Waals surface area (Å²) in [7, 11) is 7.50. The second-order valence-corrected chi connectivity index (χ2v) is 8.78. The Balaban J connectivity index is 1.71. The maximum atomic E-state index is 12.7. The molecule has 3 aromatic rings. The van der Waals surface area contributed by atoms with Crippen LogP contribution in [0.1, 0.15) is 11.1 Å². The molecule has 1 atom stereocenters. The third-order valence-corrected chi connectivity index (χ3v) is 5.95. The molecule has 0 fully saturated rings. The van der Waals surface area contributed by atoms with Crippen LogP contribution in [0, 0.1) is 0 Å². The molecule has 10 nitrogen and oxygen atoms in total. The molecule has 0 aliphatic rings. The SMILES string of the molecule is COCCN(CC(O)COc1ccc(/C(=C\c2cc(OC)c(OC)c(OC)c2)C(=O)OC)cc1)Oc1ccccc1. The lowest BCUT2D eigenvalue weighted by molar-refractivity contribution is -0.133. The van der Waals surface area contributed by atoms with E-state index in [1.807, 2.05) is 30.3 Å². The molecule has 0 saturated heterocycles. The lowest BCUT2D eigenvalue weighted by Crippen LogP contribution is -2.39. The number of benzene rings is 3. The molecule has 0 heterocycles. The van der Waals surface area contributed by atoms with Crippen molar-refractivity contribution in [3.05, 3.63) is 77.9 Å². The van der Waals surface area contributed by atoms with Gasteiger partial charge in [-0.05, 0) is 53.6 Å². The fourth-order valence-electron chi connectivity index (χ4n) is 3.93. The largest absolute Gasteiger partial charge is 0.493 e. The number of hydrogen-bond acceptors (Lipinski definition) is 10. The molecule has 0 bridgehead atoms. The molecule has 0 saturated carbocycles. The summed E-state index contributed by atoms with van der Waals surface area (Å²) in [5, 5.41) is 12.2. The fourth-order valence-corrected chi connectivity index (χ4v) is 3.93. The van der Waals surface area contributed by atoms with Gasteiger partial charge in [0.15, 0.2) is 11.5 Å². The number of rotatable bonds is 16. The molecule has 0 aromatic heterocycles. The molecule has 0 amide bonds. The molecule has 0 spiro atoms. The molecule has 3 aromatic carbocycles. The Labute approximate surface area is 240 Å². The molecule has 0 aliphatic carbocycles. The second kappa shape index (κ2) is 16.1. The van der Waals surface area contributed by atoms with Crippen LogP contribution in [0.25, 0.3) is 11.6 Å². The zero-order chi connectivity index (χ0) is 29.6. The fraction of sp³-hybridized carbons (Fsp3) is 0.323. The molecule has 0 radical (unpaired) electrons. The Morgan fingerprint density at radius 1 is 0.878 bits per heavy atom. The standard InChI is InChI=1S/C31H37NO9/c1-35-16-15-32(41-26-9-7-6-8-10-26)20-24(33)21-40-25-13-11-23(12-14-25)27(31(34)39-5)17-22-18-28(36-2)30(38-4)29(19-22)37-3/h6-14,17-19,24,33H,15-16,20-21H2,1-5H3/b27-17+. The number of aliphatic hydroxyl groups excluding tert-OH is 1. The molecular weight excluding hydrogens is 530 g/mol. The van der Waals surface area contributed by atoms with Crippen molar-refractivity contribution in [2.24, 2.45) is 0 Å². The van der Waals surface area contributed by atoms with Crippen LogP contribution < -0.4 is 23.8 Å². The highest BCUT2D eigenvalue weighted by molar-refractivity contribution is 6.21. The van der Waals surface area contributed by atoms with Crippen LogP contribution in [0.3, 0.4) is 0 Å². The molecule has 10 heteroatoms. The van der Waals surface area contributed by atoms with Crippen LogP contribution in [0.5, 0.6) is 28.7 Å². The molecule has 1 N–H and O–H groups in total. The summed E-state index contributed by atoms with van der Waals surface area (Å²) in [5.74, 6) is 2.03. The van der Waals surface area contributed by atoms with Gasteiger partial charge in [-0.3, -0.25) is 0 Å². The van der Waals surface area contributed by atoms with Gasteiger partial charge in [-0.25, -0.2) is 4.79 Å². The van der Waals surface area contributed by atoms with E-state index >= 15 is 0 Å². The number of ether oxygens (including phenoxy) is 6. The lowest BCUT2D eigenvalue weighted by atomic mass is 10.0. The van der Waals surface area contributed by atoms with Crippen molar-refractivity contribution in [3.63, 3.8) is 0 Å². The van der Waals surface area contributed by atoms with Gasteiger partial charge in [-0.15, -0.1) is 5.06 Å². The van der Waals surface area contributed by atoms with Gasteiger partial charge in [0.1, 0.15) is 24.2 Å². The summed E-state index contributed by atoms with van der Waals surface area (Å²) in [5.41, 5.74) is 1.58. The zero-order valence-electron chi connectivity index (χ0n) is 24.0. The third kappa shape index (κ3) is 9.14. The van der Waals surface area contributed by atoms with Crippen molar-refractivity contribution in [1.82, 2.24) is 5.06 Å². The maximum Gasteiger partial charge on any atom is 0.338 e. The number of para-hydroxylation sites is 1. The van der Waals surface area contributed by atoms with E-state index in [0.717, 1.165) is 0 Å². The predicted octanol–water partition coefficient (Wildman–Crippen LogP) is 4.11. The van der Waals surface area contributed by atoms with Crippen LogP contribution >= 0.6 is 0 Å². The lowest BCUT2D eigenvalue weighted by Gasteiger charge is -2.24. The van der Waals surface area contributed by atoms with Crippen LogP contribution in [0.4, 0.5) is 0 Å². The normalized spacial score (nSPS) is 12.0. The molecule has 41 heavy (non-hydrogen) atoms. The van der Waals surface area contributed by atoms with E-state index in [-0.39, 0.29) is 13.2 Å². The van der Waals surface area contributed by atoms with Crippen molar-refractivity contribution in [2.75, 3.05) is 61.9 Å². The Hall–Kier alpha value is -4.25. The van der Waals surface area contributed by atoms with E-state index in [0.29, 0.717) is 58.6 Å². The summed E-state index contributed by atoms with van der Waals surface area (Å²) < 4.78 is 32.2. The highest BCUT2D eigenvalue weighted by atomic mass is 16.7.